The van der Waals surface area contributed by atoms with E-state index in [9.17, 15) is 4.39 Å². The van der Waals surface area contributed by atoms with E-state index in [1.165, 1.54) is 5.56 Å². The van der Waals surface area contributed by atoms with Crippen molar-refractivity contribution in [3.05, 3.63) is 35.1 Å². The Hall–Kier alpha value is -0.890. The Morgan fingerprint density at radius 1 is 1.26 bits per heavy atom. The first-order valence-corrected chi connectivity index (χ1v) is 7.26. The fourth-order valence-corrected chi connectivity index (χ4v) is 2.13. The quantitative estimate of drug-likeness (QED) is 0.773. The molecule has 0 fully saturated rings. The van der Waals surface area contributed by atoms with Crippen molar-refractivity contribution in [2.75, 3.05) is 13.1 Å². The van der Waals surface area contributed by atoms with Crippen LogP contribution in [0.4, 0.5) is 4.39 Å². The topological polar surface area (TPSA) is 12.0 Å². The molecule has 1 N–H and O–H groups in total. The van der Waals surface area contributed by atoms with Gasteiger partial charge in [0.15, 0.2) is 0 Å². The summed E-state index contributed by atoms with van der Waals surface area (Å²) >= 11 is 0. The number of aryl methyl sites for hydroxylation is 2. The van der Waals surface area contributed by atoms with Crippen LogP contribution in [0.2, 0.25) is 0 Å². The molecule has 108 valence electrons. The summed E-state index contributed by atoms with van der Waals surface area (Å²) in [6.45, 7) is 13.0. The van der Waals surface area contributed by atoms with Gasteiger partial charge in [0.25, 0.3) is 0 Å². The van der Waals surface area contributed by atoms with Crippen molar-refractivity contribution in [2.24, 2.45) is 11.3 Å². The van der Waals surface area contributed by atoms with E-state index in [1.807, 2.05) is 19.1 Å². The normalized spacial score (nSPS) is 12.2. The summed E-state index contributed by atoms with van der Waals surface area (Å²) in [5.74, 6) is 0.581. The van der Waals surface area contributed by atoms with Crippen LogP contribution in [-0.2, 0) is 6.42 Å². The summed E-state index contributed by atoms with van der Waals surface area (Å²) in [5, 5.41) is 3.52. The second-order valence-corrected chi connectivity index (χ2v) is 6.77. The zero-order valence-electron chi connectivity index (χ0n) is 13.0. The van der Waals surface area contributed by atoms with Crippen LogP contribution in [0, 0.1) is 24.1 Å². The van der Waals surface area contributed by atoms with Gasteiger partial charge in [-0.3, -0.25) is 0 Å². The zero-order chi connectivity index (χ0) is 14.5. The van der Waals surface area contributed by atoms with E-state index in [-0.39, 0.29) is 11.2 Å². The number of rotatable bonds is 7. The molecule has 19 heavy (non-hydrogen) atoms. The summed E-state index contributed by atoms with van der Waals surface area (Å²) in [6, 6.07) is 5.45. The molecule has 0 aromatic heterocycles. The molecule has 0 unspecified atom stereocenters. The SMILES string of the molecule is Cc1cc(CCC(C)(C)CNCC(C)C)ccc1F. The standard InChI is InChI=1S/C17H28FN/c1-13(2)11-19-12-17(4,5)9-8-15-6-7-16(18)14(3)10-15/h6-7,10,13,19H,8-9,11-12H2,1-5H3. The summed E-state index contributed by atoms with van der Waals surface area (Å²) in [7, 11) is 0. The summed E-state index contributed by atoms with van der Waals surface area (Å²) in [4.78, 5) is 0. The van der Waals surface area contributed by atoms with Crippen LogP contribution >= 0.6 is 0 Å². The molecular weight excluding hydrogens is 237 g/mol. The summed E-state index contributed by atoms with van der Waals surface area (Å²) < 4.78 is 13.2. The molecule has 0 saturated carbocycles. The van der Waals surface area contributed by atoms with Gasteiger partial charge in [-0.25, -0.2) is 4.39 Å². The van der Waals surface area contributed by atoms with Crippen molar-refractivity contribution >= 4 is 0 Å². The first-order valence-electron chi connectivity index (χ1n) is 7.26. The summed E-state index contributed by atoms with van der Waals surface area (Å²) in [6.07, 6.45) is 2.13. The Kier molecular flexibility index (Phi) is 5.99. The molecule has 1 aromatic rings. The van der Waals surface area contributed by atoms with Gasteiger partial charge in [0.05, 0.1) is 0 Å². The van der Waals surface area contributed by atoms with Crippen LogP contribution in [0.25, 0.3) is 0 Å². The van der Waals surface area contributed by atoms with E-state index < -0.39 is 0 Å². The molecule has 1 nitrogen and oxygen atoms in total. The maximum atomic E-state index is 13.2. The van der Waals surface area contributed by atoms with Gasteiger partial charge in [0.2, 0.25) is 0 Å². The van der Waals surface area contributed by atoms with Gasteiger partial charge in [0, 0.05) is 6.54 Å². The Bertz CT molecular complexity index is 396. The third-order valence-corrected chi connectivity index (χ3v) is 3.47. The van der Waals surface area contributed by atoms with Crippen molar-refractivity contribution in [3.8, 4) is 0 Å². The van der Waals surface area contributed by atoms with Crippen molar-refractivity contribution in [1.29, 1.82) is 0 Å². The lowest BCUT2D eigenvalue weighted by Gasteiger charge is -2.25. The van der Waals surface area contributed by atoms with Crippen LogP contribution in [0.15, 0.2) is 18.2 Å². The van der Waals surface area contributed by atoms with Crippen molar-refractivity contribution < 1.29 is 4.39 Å². The number of halogens is 1. The molecule has 0 aliphatic rings. The van der Waals surface area contributed by atoms with Gasteiger partial charge in [-0.1, -0.05) is 39.8 Å². The third-order valence-electron chi connectivity index (χ3n) is 3.47. The van der Waals surface area contributed by atoms with Crippen molar-refractivity contribution in [2.45, 2.75) is 47.5 Å². The van der Waals surface area contributed by atoms with Crippen molar-refractivity contribution in [1.82, 2.24) is 5.32 Å². The van der Waals surface area contributed by atoms with Gasteiger partial charge in [0.1, 0.15) is 5.82 Å². The Labute approximate surface area is 117 Å². The number of nitrogens with one attached hydrogen (secondary N) is 1. The predicted molar refractivity (Wildman–Crippen MR) is 80.9 cm³/mol. The van der Waals surface area contributed by atoms with Crippen LogP contribution in [-0.4, -0.2) is 13.1 Å². The van der Waals surface area contributed by atoms with Gasteiger partial charge >= 0.3 is 0 Å². The monoisotopic (exact) mass is 265 g/mol. The van der Waals surface area contributed by atoms with E-state index in [0.717, 1.165) is 31.5 Å². The third kappa shape index (κ3) is 6.20. The van der Waals surface area contributed by atoms with Gasteiger partial charge < -0.3 is 5.32 Å². The highest BCUT2D eigenvalue weighted by molar-refractivity contribution is 5.24. The highest BCUT2D eigenvalue weighted by Gasteiger charge is 2.17. The second kappa shape index (κ2) is 7.04. The highest BCUT2D eigenvalue weighted by atomic mass is 19.1. The molecular formula is C17H28FN. The first kappa shape index (κ1) is 16.2. The first-order chi connectivity index (χ1) is 8.80. The molecule has 1 rings (SSSR count). The minimum atomic E-state index is -0.110. The molecule has 1 aromatic carbocycles. The maximum Gasteiger partial charge on any atom is 0.126 e. The Balaban J connectivity index is 2.43. The average molecular weight is 265 g/mol. The van der Waals surface area contributed by atoms with Crippen LogP contribution in [0.5, 0.6) is 0 Å². The smallest absolute Gasteiger partial charge is 0.126 e. The van der Waals surface area contributed by atoms with E-state index in [0.29, 0.717) is 5.92 Å². The second-order valence-electron chi connectivity index (χ2n) is 6.77. The molecule has 0 amide bonds. The van der Waals surface area contributed by atoms with Crippen LogP contribution in [0.3, 0.4) is 0 Å². The molecule has 0 radical (unpaired) electrons. The molecule has 0 saturated heterocycles. The maximum absolute atomic E-state index is 13.2. The molecule has 0 aliphatic carbocycles. The predicted octanol–water partition coefficient (Wildman–Crippen LogP) is 4.34. The van der Waals surface area contributed by atoms with Crippen LogP contribution < -0.4 is 5.32 Å². The fourth-order valence-electron chi connectivity index (χ4n) is 2.13. The van der Waals surface area contributed by atoms with E-state index >= 15 is 0 Å². The van der Waals surface area contributed by atoms with Crippen molar-refractivity contribution in [3.63, 3.8) is 0 Å². The minimum Gasteiger partial charge on any atom is -0.316 e. The van der Waals surface area contributed by atoms with Gasteiger partial charge in [-0.2, -0.15) is 0 Å². The highest BCUT2D eigenvalue weighted by Crippen LogP contribution is 2.22. The van der Waals surface area contributed by atoms with Crippen LogP contribution in [0.1, 0.15) is 45.2 Å². The average Bonchev–Trinajstić information content (AvgIpc) is 2.30. The Morgan fingerprint density at radius 3 is 2.53 bits per heavy atom. The summed E-state index contributed by atoms with van der Waals surface area (Å²) in [5.41, 5.74) is 2.25. The lowest BCUT2D eigenvalue weighted by molar-refractivity contribution is 0.308. The molecule has 0 aliphatic heterocycles. The molecule has 0 heterocycles. The number of benzene rings is 1. The molecule has 2 heteroatoms. The van der Waals surface area contributed by atoms with Gasteiger partial charge in [-0.05, 0) is 54.8 Å². The Morgan fingerprint density at radius 2 is 1.95 bits per heavy atom. The lowest BCUT2D eigenvalue weighted by atomic mass is 9.86. The molecule has 0 spiro atoms. The largest absolute Gasteiger partial charge is 0.316 e. The fraction of sp³-hybridized carbons (Fsp3) is 0.647. The molecule has 0 atom stereocenters. The molecule has 0 bridgehead atoms. The van der Waals surface area contributed by atoms with E-state index in [1.54, 1.807) is 6.07 Å². The zero-order valence-corrected chi connectivity index (χ0v) is 13.0. The number of hydrogen-bond acceptors (Lipinski definition) is 1. The minimum absolute atomic E-state index is 0.110. The number of hydrogen-bond donors (Lipinski definition) is 1. The van der Waals surface area contributed by atoms with Gasteiger partial charge in [-0.15, -0.1) is 0 Å². The van der Waals surface area contributed by atoms with E-state index in [4.69, 9.17) is 0 Å². The van der Waals surface area contributed by atoms with E-state index in [2.05, 4.69) is 33.0 Å². The lowest BCUT2D eigenvalue weighted by Crippen LogP contribution is -2.32.